The molecule has 0 bridgehead atoms. The highest BCUT2D eigenvalue weighted by Gasteiger charge is 2.56. The fraction of sp³-hybridized carbons (Fsp3) is 1.00. The molecule has 1 aliphatic carbocycles. The standard InChI is InChI=1S/C13H27NO/c1-6-12(5,9-14)13(15)8-11(3,4)7-10(13)2/h10,15H,6-9,14H2,1-5H3. The molecule has 0 heterocycles. The molecule has 3 unspecified atom stereocenters. The van der Waals surface area contributed by atoms with E-state index in [0.717, 1.165) is 19.3 Å². The maximum atomic E-state index is 10.9. The largest absolute Gasteiger partial charge is 0.389 e. The van der Waals surface area contributed by atoms with Crippen molar-refractivity contribution in [3.05, 3.63) is 0 Å². The molecule has 0 aromatic heterocycles. The molecule has 3 atom stereocenters. The van der Waals surface area contributed by atoms with E-state index in [1.165, 1.54) is 0 Å². The Morgan fingerprint density at radius 3 is 2.27 bits per heavy atom. The van der Waals surface area contributed by atoms with Crippen molar-refractivity contribution in [3.8, 4) is 0 Å². The monoisotopic (exact) mass is 213 g/mol. The third-order valence-corrected chi connectivity index (χ3v) is 4.70. The minimum absolute atomic E-state index is 0.139. The number of aliphatic hydroxyl groups is 1. The summed E-state index contributed by atoms with van der Waals surface area (Å²) in [5.41, 5.74) is 5.40. The molecule has 0 saturated heterocycles. The molecular formula is C13H27NO. The van der Waals surface area contributed by atoms with Crippen LogP contribution in [-0.2, 0) is 0 Å². The Morgan fingerprint density at radius 2 is 2.00 bits per heavy atom. The number of rotatable bonds is 3. The van der Waals surface area contributed by atoms with E-state index in [0.29, 0.717) is 12.5 Å². The van der Waals surface area contributed by atoms with Gasteiger partial charge in [-0.2, -0.15) is 0 Å². The van der Waals surface area contributed by atoms with Gasteiger partial charge in [-0.1, -0.05) is 34.6 Å². The Balaban J connectivity index is 3.01. The molecule has 0 amide bonds. The van der Waals surface area contributed by atoms with Gasteiger partial charge in [-0.05, 0) is 30.6 Å². The molecule has 0 spiro atoms. The van der Waals surface area contributed by atoms with Gasteiger partial charge in [-0.25, -0.2) is 0 Å². The van der Waals surface area contributed by atoms with Crippen LogP contribution in [0.15, 0.2) is 0 Å². The fourth-order valence-corrected chi connectivity index (χ4v) is 3.41. The average molecular weight is 213 g/mol. The fourth-order valence-electron chi connectivity index (χ4n) is 3.41. The van der Waals surface area contributed by atoms with Crippen LogP contribution in [0.25, 0.3) is 0 Å². The van der Waals surface area contributed by atoms with E-state index >= 15 is 0 Å². The van der Waals surface area contributed by atoms with Crippen molar-refractivity contribution < 1.29 is 5.11 Å². The summed E-state index contributed by atoms with van der Waals surface area (Å²) in [5, 5.41) is 10.9. The van der Waals surface area contributed by atoms with Crippen LogP contribution in [0.2, 0.25) is 0 Å². The molecule has 1 fully saturated rings. The van der Waals surface area contributed by atoms with Gasteiger partial charge < -0.3 is 10.8 Å². The summed E-state index contributed by atoms with van der Waals surface area (Å²) in [4.78, 5) is 0. The first-order chi connectivity index (χ1) is 6.71. The first kappa shape index (κ1) is 13.0. The molecule has 1 rings (SSSR count). The van der Waals surface area contributed by atoms with Crippen LogP contribution in [0.1, 0.15) is 53.9 Å². The summed E-state index contributed by atoms with van der Waals surface area (Å²) in [7, 11) is 0. The van der Waals surface area contributed by atoms with Crippen LogP contribution in [-0.4, -0.2) is 17.3 Å². The molecule has 2 heteroatoms. The van der Waals surface area contributed by atoms with Gasteiger partial charge in [-0.15, -0.1) is 0 Å². The van der Waals surface area contributed by atoms with E-state index in [1.54, 1.807) is 0 Å². The molecule has 0 aromatic rings. The van der Waals surface area contributed by atoms with Gasteiger partial charge in [0.05, 0.1) is 5.60 Å². The van der Waals surface area contributed by atoms with Gasteiger partial charge in [-0.3, -0.25) is 0 Å². The summed E-state index contributed by atoms with van der Waals surface area (Å²) in [6.07, 6.45) is 2.92. The van der Waals surface area contributed by atoms with Gasteiger partial charge in [0.15, 0.2) is 0 Å². The summed E-state index contributed by atoms with van der Waals surface area (Å²) in [5.74, 6) is 0.348. The molecule has 0 radical (unpaired) electrons. The van der Waals surface area contributed by atoms with Crippen LogP contribution in [0.3, 0.4) is 0 Å². The molecular weight excluding hydrogens is 186 g/mol. The third kappa shape index (κ3) is 1.94. The smallest absolute Gasteiger partial charge is 0.0743 e. The second kappa shape index (κ2) is 3.74. The number of nitrogens with two attached hydrogens (primary N) is 1. The maximum Gasteiger partial charge on any atom is 0.0743 e. The highest BCUT2D eigenvalue weighted by Crippen LogP contribution is 2.55. The van der Waals surface area contributed by atoms with E-state index in [-0.39, 0.29) is 10.8 Å². The highest BCUT2D eigenvalue weighted by molar-refractivity contribution is 5.07. The Kier molecular flexibility index (Phi) is 3.24. The van der Waals surface area contributed by atoms with Crippen molar-refractivity contribution in [3.63, 3.8) is 0 Å². The van der Waals surface area contributed by atoms with Gasteiger partial charge in [0.25, 0.3) is 0 Å². The zero-order valence-corrected chi connectivity index (χ0v) is 10.9. The van der Waals surface area contributed by atoms with Crippen molar-refractivity contribution in [1.82, 2.24) is 0 Å². The summed E-state index contributed by atoms with van der Waals surface area (Å²) in [6, 6.07) is 0. The molecule has 2 nitrogen and oxygen atoms in total. The van der Waals surface area contributed by atoms with Crippen LogP contribution >= 0.6 is 0 Å². The second-order valence-electron chi connectivity index (χ2n) is 6.49. The summed E-state index contributed by atoms with van der Waals surface area (Å²) >= 11 is 0. The van der Waals surface area contributed by atoms with Crippen LogP contribution < -0.4 is 5.73 Å². The second-order valence-corrected chi connectivity index (χ2v) is 6.49. The normalized spacial score (nSPS) is 39.0. The molecule has 15 heavy (non-hydrogen) atoms. The van der Waals surface area contributed by atoms with E-state index < -0.39 is 5.60 Å². The molecule has 1 aliphatic rings. The average Bonchev–Trinajstić information content (AvgIpc) is 2.35. The molecule has 0 aromatic carbocycles. The first-order valence-electron chi connectivity index (χ1n) is 6.13. The van der Waals surface area contributed by atoms with Crippen molar-refractivity contribution in [2.75, 3.05) is 6.54 Å². The maximum absolute atomic E-state index is 10.9. The predicted octanol–water partition coefficient (Wildman–Crippen LogP) is 2.55. The van der Waals surface area contributed by atoms with Crippen molar-refractivity contribution in [2.45, 2.75) is 59.5 Å². The van der Waals surface area contributed by atoms with Gasteiger partial charge in [0.1, 0.15) is 0 Å². The third-order valence-electron chi connectivity index (χ3n) is 4.70. The van der Waals surface area contributed by atoms with Crippen molar-refractivity contribution in [2.24, 2.45) is 22.5 Å². The summed E-state index contributed by atoms with van der Waals surface area (Å²) < 4.78 is 0. The minimum Gasteiger partial charge on any atom is -0.389 e. The topological polar surface area (TPSA) is 46.2 Å². The lowest BCUT2D eigenvalue weighted by Gasteiger charge is -2.45. The molecule has 0 aliphatic heterocycles. The lowest BCUT2D eigenvalue weighted by molar-refractivity contribution is -0.101. The molecule has 90 valence electrons. The van der Waals surface area contributed by atoms with E-state index in [4.69, 9.17) is 5.73 Å². The Morgan fingerprint density at radius 1 is 1.47 bits per heavy atom. The number of hydrogen-bond donors (Lipinski definition) is 2. The predicted molar refractivity (Wildman–Crippen MR) is 64.6 cm³/mol. The Bertz CT molecular complexity index is 233. The van der Waals surface area contributed by atoms with Gasteiger partial charge >= 0.3 is 0 Å². The summed E-state index contributed by atoms with van der Waals surface area (Å²) in [6.45, 7) is 11.5. The zero-order valence-electron chi connectivity index (χ0n) is 10.9. The lowest BCUT2D eigenvalue weighted by Crippen LogP contribution is -2.52. The number of hydrogen-bond acceptors (Lipinski definition) is 2. The van der Waals surface area contributed by atoms with E-state index in [1.807, 2.05) is 0 Å². The van der Waals surface area contributed by atoms with Crippen molar-refractivity contribution in [1.29, 1.82) is 0 Å². The van der Waals surface area contributed by atoms with Crippen LogP contribution in [0.4, 0.5) is 0 Å². The van der Waals surface area contributed by atoms with Gasteiger partial charge in [0.2, 0.25) is 0 Å². The minimum atomic E-state index is -0.583. The highest BCUT2D eigenvalue weighted by atomic mass is 16.3. The quantitative estimate of drug-likeness (QED) is 0.757. The first-order valence-corrected chi connectivity index (χ1v) is 6.13. The van der Waals surface area contributed by atoms with Crippen LogP contribution in [0.5, 0.6) is 0 Å². The Labute approximate surface area is 94.2 Å². The van der Waals surface area contributed by atoms with E-state index in [2.05, 4.69) is 34.6 Å². The van der Waals surface area contributed by atoms with E-state index in [9.17, 15) is 5.11 Å². The van der Waals surface area contributed by atoms with Crippen LogP contribution in [0, 0.1) is 16.7 Å². The van der Waals surface area contributed by atoms with Gasteiger partial charge in [0, 0.05) is 12.0 Å². The van der Waals surface area contributed by atoms with Crippen molar-refractivity contribution >= 4 is 0 Å². The SMILES string of the molecule is CCC(C)(CN)C1(O)CC(C)(C)CC1C. The lowest BCUT2D eigenvalue weighted by atomic mass is 9.66. The molecule has 3 N–H and O–H groups in total. The zero-order chi connectivity index (χ0) is 11.9. The Hall–Kier alpha value is -0.0800. The molecule has 1 saturated carbocycles.